The van der Waals surface area contributed by atoms with Crippen molar-refractivity contribution in [1.82, 2.24) is 15.7 Å². The molecule has 0 fully saturated rings. The highest BCUT2D eigenvalue weighted by Crippen LogP contribution is 1.71. The molecule has 3 heteroatoms. The number of rotatable bonds is 0. The van der Waals surface area contributed by atoms with E-state index in [-0.39, 0.29) is 0 Å². The van der Waals surface area contributed by atoms with Crippen LogP contribution in [0.15, 0.2) is 18.5 Å². The highest BCUT2D eigenvalue weighted by atomic mass is 15.5. The monoisotopic (exact) mass is 82.0 g/mol. The molecule has 0 aliphatic heterocycles. The third kappa shape index (κ3) is 0.337. The van der Waals surface area contributed by atoms with Crippen molar-refractivity contribution in [2.24, 2.45) is 0 Å². The molecule has 1 aromatic heterocycles. The molecule has 1 aromatic rings. The molecule has 1 radical (unpaired) electrons. The Morgan fingerprint density at radius 3 is 2.67 bits per heavy atom. The van der Waals surface area contributed by atoms with E-state index < -0.39 is 0 Å². The maximum Gasteiger partial charge on any atom is 0.0511 e. The summed E-state index contributed by atoms with van der Waals surface area (Å²) < 4.78 is 0. The van der Waals surface area contributed by atoms with Crippen molar-refractivity contribution >= 4 is 0 Å². The first-order valence-corrected chi connectivity index (χ1v) is 1.61. The van der Waals surface area contributed by atoms with Crippen LogP contribution in [0.2, 0.25) is 0 Å². The van der Waals surface area contributed by atoms with E-state index in [0.29, 0.717) is 0 Å². The lowest BCUT2D eigenvalue weighted by molar-refractivity contribution is 0.709. The molecule has 0 amide bonds. The Labute approximate surface area is 35.3 Å². The molecular weight excluding hydrogens is 78.1 g/mol. The van der Waals surface area contributed by atoms with Crippen molar-refractivity contribution in [3.8, 4) is 0 Å². The first-order valence-electron chi connectivity index (χ1n) is 1.61. The fraction of sp³-hybridized carbons (Fsp3) is 0. The van der Waals surface area contributed by atoms with Crippen molar-refractivity contribution < 1.29 is 0 Å². The number of nitrogens with one attached hydrogen (secondary N) is 1. The van der Waals surface area contributed by atoms with E-state index in [1.54, 1.807) is 18.5 Å². The topological polar surface area (TPSA) is 41.6 Å². The summed E-state index contributed by atoms with van der Waals surface area (Å²) in [7, 11) is 0. The third-order valence-electron chi connectivity index (χ3n) is 0.504. The molecule has 0 saturated heterocycles. The van der Waals surface area contributed by atoms with Crippen LogP contribution in [0.5, 0.6) is 0 Å². The summed E-state index contributed by atoms with van der Waals surface area (Å²) in [6.45, 7) is 0. The van der Waals surface area contributed by atoms with Gasteiger partial charge < -0.3 is 0 Å². The van der Waals surface area contributed by atoms with Crippen molar-refractivity contribution in [2.75, 3.05) is 0 Å². The second kappa shape index (κ2) is 1.01. The molecule has 31 valence electrons. The summed E-state index contributed by atoms with van der Waals surface area (Å²) in [5.41, 5.74) is 0. The lowest BCUT2D eigenvalue weighted by atomic mass is 10.8. The molecule has 3 nitrogen and oxygen atoms in total. The van der Waals surface area contributed by atoms with Gasteiger partial charge in [0.25, 0.3) is 0 Å². The summed E-state index contributed by atoms with van der Waals surface area (Å²) in [4.78, 5) is 1.00. The average Bonchev–Trinajstić information content (AvgIpc) is 1.86. The van der Waals surface area contributed by atoms with Gasteiger partial charge in [0.15, 0.2) is 0 Å². The van der Waals surface area contributed by atoms with Gasteiger partial charge in [-0.15, -0.1) is 0 Å². The second-order valence-electron chi connectivity index (χ2n) is 0.951. The zero-order valence-corrected chi connectivity index (χ0v) is 3.13. The molecule has 0 aromatic carbocycles. The van der Waals surface area contributed by atoms with Crippen LogP contribution < -0.4 is 5.84 Å². The van der Waals surface area contributed by atoms with Crippen molar-refractivity contribution in [2.45, 2.75) is 0 Å². The highest BCUT2D eigenvalue weighted by Gasteiger charge is 1.71. The fourth-order valence-corrected chi connectivity index (χ4v) is 0.269. The molecule has 0 aliphatic carbocycles. The van der Waals surface area contributed by atoms with Gasteiger partial charge in [0.1, 0.15) is 0 Å². The average molecular weight is 82.1 g/mol. The van der Waals surface area contributed by atoms with Crippen molar-refractivity contribution in [3.05, 3.63) is 18.5 Å². The van der Waals surface area contributed by atoms with E-state index in [1.165, 1.54) is 0 Å². The molecule has 0 bridgehead atoms. The molecule has 0 saturated carbocycles. The molecule has 1 heterocycles. The van der Waals surface area contributed by atoms with Gasteiger partial charge in [0.2, 0.25) is 0 Å². The maximum absolute atomic E-state index is 6.68. The zero-order chi connectivity index (χ0) is 4.41. The quantitative estimate of drug-likeness (QED) is 0.432. The number of hydrogen-bond acceptors (Lipinski definition) is 1. The van der Waals surface area contributed by atoms with Gasteiger partial charge >= 0.3 is 0 Å². The Kier molecular flexibility index (Phi) is 0.538. The molecule has 0 aliphatic rings. The van der Waals surface area contributed by atoms with Crippen LogP contribution in [-0.2, 0) is 0 Å². The summed E-state index contributed by atoms with van der Waals surface area (Å²) in [5.74, 6) is 6.68. The number of aromatic nitrogens is 2. The highest BCUT2D eigenvalue weighted by molar-refractivity contribution is 4.75. The fourth-order valence-electron chi connectivity index (χ4n) is 0.269. The van der Waals surface area contributed by atoms with Crippen molar-refractivity contribution in [3.63, 3.8) is 0 Å². The normalized spacial score (nSPS) is 8.67. The van der Waals surface area contributed by atoms with E-state index in [1.807, 2.05) is 0 Å². The van der Waals surface area contributed by atoms with Gasteiger partial charge in [0.05, 0.1) is 12.4 Å². The standard InChI is InChI=1S/C3H4N3/c4-6-3-1-2-5-6/h1-4H. The Morgan fingerprint density at radius 2 is 2.50 bits per heavy atom. The van der Waals surface area contributed by atoms with E-state index in [0.717, 1.165) is 4.79 Å². The molecule has 1 N–H and O–H groups in total. The first kappa shape index (κ1) is 3.21. The van der Waals surface area contributed by atoms with Crippen LogP contribution in [0.25, 0.3) is 0 Å². The van der Waals surface area contributed by atoms with Gasteiger partial charge in [-0.3, -0.25) is 0 Å². The predicted octanol–water partition coefficient (Wildman–Crippen LogP) is -0.0709. The molecule has 6 heavy (non-hydrogen) atoms. The van der Waals surface area contributed by atoms with Crippen LogP contribution in [0.4, 0.5) is 0 Å². The van der Waals surface area contributed by atoms with Crippen LogP contribution in [0.1, 0.15) is 0 Å². The van der Waals surface area contributed by atoms with Crippen LogP contribution in [-0.4, -0.2) is 9.89 Å². The Morgan fingerprint density at radius 1 is 1.67 bits per heavy atom. The largest absolute Gasteiger partial charge is 0.205 e. The minimum absolute atomic E-state index is 1.00. The van der Waals surface area contributed by atoms with E-state index in [2.05, 4.69) is 5.10 Å². The summed E-state index contributed by atoms with van der Waals surface area (Å²) in [6, 6.07) is 1.70. The lowest BCUT2D eigenvalue weighted by Gasteiger charge is -1.75. The lowest BCUT2D eigenvalue weighted by Crippen LogP contribution is -1.90. The summed E-state index contributed by atoms with van der Waals surface area (Å²) >= 11 is 0. The van der Waals surface area contributed by atoms with Crippen LogP contribution in [0.3, 0.4) is 0 Å². The predicted molar refractivity (Wildman–Crippen MR) is 20.7 cm³/mol. The van der Waals surface area contributed by atoms with Gasteiger partial charge in [-0.1, -0.05) is 0 Å². The minimum atomic E-state index is 1.00. The van der Waals surface area contributed by atoms with Gasteiger partial charge in [-0.25, -0.2) is 5.84 Å². The molecule has 0 unspecified atom stereocenters. The maximum atomic E-state index is 6.68. The van der Waals surface area contributed by atoms with E-state index >= 15 is 0 Å². The first-order chi connectivity index (χ1) is 2.89. The number of nitrogens with zero attached hydrogens (tertiary/aromatic N) is 2. The zero-order valence-electron chi connectivity index (χ0n) is 3.13. The van der Waals surface area contributed by atoms with Gasteiger partial charge in [-0.05, 0) is 6.07 Å². The number of hydrogen-bond donors (Lipinski definition) is 0. The van der Waals surface area contributed by atoms with E-state index in [4.69, 9.17) is 5.84 Å². The van der Waals surface area contributed by atoms with E-state index in [9.17, 15) is 0 Å². The second-order valence-corrected chi connectivity index (χ2v) is 0.951. The SMILES string of the molecule is [NH]n1cccn1. The van der Waals surface area contributed by atoms with Gasteiger partial charge in [0, 0.05) is 0 Å². The smallest absolute Gasteiger partial charge is 0.0511 e. The van der Waals surface area contributed by atoms with Crippen LogP contribution in [0, 0.1) is 0 Å². The summed E-state index contributed by atoms with van der Waals surface area (Å²) in [5, 5.41) is 3.50. The Balaban J connectivity index is 3.05. The minimum Gasteiger partial charge on any atom is -0.205 e. The molecule has 0 spiro atoms. The van der Waals surface area contributed by atoms with Crippen LogP contribution >= 0.6 is 0 Å². The molecule has 1 rings (SSSR count). The Bertz CT molecular complexity index is 110. The molecular formula is C3H4N3. The Hall–Kier alpha value is -0.990. The third-order valence-corrected chi connectivity index (χ3v) is 0.504. The summed E-state index contributed by atoms with van der Waals surface area (Å²) in [6.07, 6.45) is 3.12. The van der Waals surface area contributed by atoms with Gasteiger partial charge in [-0.2, -0.15) is 9.89 Å². The van der Waals surface area contributed by atoms with Crippen molar-refractivity contribution in [1.29, 1.82) is 0 Å². The molecule has 0 atom stereocenters.